The van der Waals surface area contributed by atoms with E-state index in [1.807, 2.05) is 0 Å². The van der Waals surface area contributed by atoms with Gasteiger partial charge >= 0.3 is 0 Å². The molecule has 2 fully saturated rings. The molecule has 0 aromatic rings. The zero-order valence-corrected chi connectivity index (χ0v) is 7.98. The van der Waals surface area contributed by atoms with Crippen LogP contribution in [0.1, 0.15) is 32.1 Å². The summed E-state index contributed by atoms with van der Waals surface area (Å²) in [5.41, 5.74) is 0. The monoisotopic (exact) mass is 190 g/mol. The molecule has 0 bridgehead atoms. The van der Waals surface area contributed by atoms with E-state index in [1.54, 1.807) is 0 Å². The Morgan fingerprint density at radius 3 is 2.67 bits per heavy atom. The van der Waals surface area contributed by atoms with Gasteiger partial charge in [0.1, 0.15) is 0 Å². The van der Waals surface area contributed by atoms with Crippen molar-refractivity contribution >= 4 is 11.6 Å². The molecule has 0 amide bonds. The molecule has 3 heteroatoms. The van der Waals surface area contributed by atoms with E-state index in [0.717, 1.165) is 38.9 Å². The van der Waals surface area contributed by atoms with Gasteiger partial charge < -0.3 is 9.47 Å². The first-order valence-electron chi connectivity index (χ1n) is 4.73. The Morgan fingerprint density at radius 2 is 2.00 bits per heavy atom. The number of hydrogen-bond acceptors (Lipinski definition) is 2. The summed E-state index contributed by atoms with van der Waals surface area (Å²) in [5.74, 6) is -0.303. The molecule has 2 atom stereocenters. The molecule has 1 spiro atoms. The lowest BCUT2D eigenvalue weighted by molar-refractivity contribution is -0.271. The van der Waals surface area contributed by atoms with Gasteiger partial charge in [0.15, 0.2) is 5.79 Å². The van der Waals surface area contributed by atoms with Gasteiger partial charge in [-0.25, -0.2) is 0 Å². The van der Waals surface area contributed by atoms with Crippen molar-refractivity contribution in [2.45, 2.75) is 43.3 Å². The summed E-state index contributed by atoms with van der Waals surface area (Å²) in [5, 5.41) is 0.247. The van der Waals surface area contributed by atoms with Crippen LogP contribution >= 0.6 is 11.6 Å². The van der Waals surface area contributed by atoms with Gasteiger partial charge in [-0.15, -0.1) is 11.6 Å². The number of rotatable bonds is 0. The van der Waals surface area contributed by atoms with Crippen LogP contribution in [0.5, 0.6) is 0 Å². The lowest BCUT2D eigenvalue weighted by Crippen LogP contribution is -2.45. The third kappa shape index (κ3) is 1.76. The second-order valence-corrected chi connectivity index (χ2v) is 4.27. The molecule has 0 saturated carbocycles. The van der Waals surface area contributed by atoms with Crippen molar-refractivity contribution in [1.82, 2.24) is 0 Å². The van der Waals surface area contributed by atoms with Crippen molar-refractivity contribution in [3.63, 3.8) is 0 Å². The Hall–Kier alpha value is 0.210. The highest BCUT2D eigenvalue weighted by molar-refractivity contribution is 6.20. The molecular formula is C9H15ClO2. The highest BCUT2D eigenvalue weighted by atomic mass is 35.5. The number of alkyl halides is 1. The van der Waals surface area contributed by atoms with E-state index in [-0.39, 0.29) is 11.2 Å². The minimum Gasteiger partial charge on any atom is -0.350 e. The first kappa shape index (κ1) is 8.79. The second-order valence-electron chi connectivity index (χ2n) is 3.65. The van der Waals surface area contributed by atoms with Crippen molar-refractivity contribution in [1.29, 1.82) is 0 Å². The predicted octanol–water partition coefficient (Wildman–Crippen LogP) is 2.30. The minimum absolute atomic E-state index is 0.247. The molecule has 0 aliphatic carbocycles. The van der Waals surface area contributed by atoms with Crippen molar-refractivity contribution in [3.05, 3.63) is 0 Å². The SMILES string of the molecule is ClC1CCOC2(CCCCO2)C1. The van der Waals surface area contributed by atoms with Crippen LogP contribution in [-0.4, -0.2) is 24.4 Å². The molecule has 70 valence electrons. The number of halogens is 1. The van der Waals surface area contributed by atoms with Gasteiger partial charge in [0.25, 0.3) is 0 Å². The van der Waals surface area contributed by atoms with E-state index in [9.17, 15) is 0 Å². The van der Waals surface area contributed by atoms with E-state index in [0.29, 0.717) is 0 Å². The summed E-state index contributed by atoms with van der Waals surface area (Å²) in [4.78, 5) is 0. The van der Waals surface area contributed by atoms with E-state index in [1.165, 1.54) is 6.42 Å². The van der Waals surface area contributed by atoms with Gasteiger partial charge in [-0.05, 0) is 19.3 Å². The summed E-state index contributed by atoms with van der Waals surface area (Å²) >= 11 is 6.08. The van der Waals surface area contributed by atoms with Crippen LogP contribution in [0, 0.1) is 0 Å². The quantitative estimate of drug-likeness (QED) is 0.546. The van der Waals surface area contributed by atoms with Crippen LogP contribution in [0.25, 0.3) is 0 Å². The molecule has 0 radical (unpaired) electrons. The molecule has 0 aromatic carbocycles. The lowest BCUT2D eigenvalue weighted by Gasteiger charge is -2.41. The smallest absolute Gasteiger partial charge is 0.169 e. The third-order valence-corrected chi connectivity index (χ3v) is 3.02. The normalized spacial score (nSPS) is 43.2. The van der Waals surface area contributed by atoms with E-state index in [2.05, 4.69) is 0 Å². The van der Waals surface area contributed by atoms with Crippen molar-refractivity contribution in [2.75, 3.05) is 13.2 Å². The van der Waals surface area contributed by atoms with Crippen LogP contribution in [0.15, 0.2) is 0 Å². The molecule has 0 aromatic heterocycles. The lowest BCUT2D eigenvalue weighted by atomic mass is 9.97. The van der Waals surface area contributed by atoms with Crippen LogP contribution in [0.4, 0.5) is 0 Å². The zero-order valence-electron chi connectivity index (χ0n) is 7.22. The fourth-order valence-corrected chi connectivity index (χ4v) is 2.30. The molecular weight excluding hydrogens is 176 g/mol. The maximum atomic E-state index is 6.08. The molecule has 2 nitrogen and oxygen atoms in total. The molecule has 2 aliphatic heterocycles. The van der Waals surface area contributed by atoms with Gasteiger partial charge in [0.2, 0.25) is 0 Å². The number of ether oxygens (including phenoxy) is 2. The van der Waals surface area contributed by atoms with E-state index >= 15 is 0 Å². The summed E-state index contributed by atoms with van der Waals surface area (Å²) < 4.78 is 11.3. The van der Waals surface area contributed by atoms with Gasteiger partial charge in [-0.3, -0.25) is 0 Å². The molecule has 2 heterocycles. The summed E-state index contributed by atoms with van der Waals surface area (Å²) in [6.45, 7) is 1.60. The minimum atomic E-state index is -0.303. The van der Waals surface area contributed by atoms with Crippen molar-refractivity contribution in [2.24, 2.45) is 0 Å². The van der Waals surface area contributed by atoms with E-state index < -0.39 is 0 Å². The second kappa shape index (κ2) is 3.52. The van der Waals surface area contributed by atoms with Crippen LogP contribution in [-0.2, 0) is 9.47 Å². The molecule has 12 heavy (non-hydrogen) atoms. The fourth-order valence-electron chi connectivity index (χ4n) is 1.97. The average molecular weight is 191 g/mol. The van der Waals surface area contributed by atoms with Crippen LogP contribution < -0.4 is 0 Å². The highest BCUT2D eigenvalue weighted by Gasteiger charge is 2.39. The summed E-state index contributed by atoms with van der Waals surface area (Å²) in [6.07, 6.45) is 5.24. The van der Waals surface area contributed by atoms with Crippen LogP contribution in [0.3, 0.4) is 0 Å². The number of hydrogen-bond donors (Lipinski definition) is 0. The molecule has 2 rings (SSSR count). The Balaban J connectivity index is 1.97. The van der Waals surface area contributed by atoms with Gasteiger partial charge in [0, 0.05) is 18.2 Å². The average Bonchev–Trinajstić information content (AvgIpc) is 2.05. The van der Waals surface area contributed by atoms with Gasteiger partial charge in [-0.1, -0.05) is 0 Å². The maximum absolute atomic E-state index is 6.08. The Bertz CT molecular complexity index is 149. The largest absolute Gasteiger partial charge is 0.350 e. The van der Waals surface area contributed by atoms with Gasteiger partial charge in [0.05, 0.1) is 13.2 Å². The first-order chi connectivity index (χ1) is 5.81. The third-order valence-electron chi connectivity index (χ3n) is 2.65. The Labute approximate surface area is 78.2 Å². The first-order valence-corrected chi connectivity index (χ1v) is 5.16. The Morgan fingerprint density at radius 1 is 1.17 bits per heavy atom. The van der Waals surface area contributed by atoms with Gasteiger partial charge in [-0.2, -0.15) is 0 Å². The standard InChI is InChI=1S/C9H15ClO2/c10-8-3-6-12-9(7-8)4-1-2-5-11-9/h8H,1-7H2. The predicted molar refractivity (Wildman–Crippen MR) is 47.4 cm³/mol. The highest BCUT2D eigenvalue weighted by Crippen LogP contribution is 2.36. The Kier molecular flexibility index (Phi) is 2.58. The maximum Gasteiger partial charge on any atom is 0.169 e. The van der Waals surface area contributed by atoms with E-state index in [4.69, 9.17) is 21.1 Å². The zero-order chi connectivity index (χ0) is 8.44. The molecule has 2 saturated heterocycles. The molecule has 2 unspecified atom stereocenters. The molecule has 2 aliphatic rings. The van der Waals surface area contributed by atoms with Crippen molar-refractivity contribution in [3.8, 4) is 0 Å². The summed E-state index contributed by atoms with van der Waals surface area (Å²) in [6, 6.07) is 0. The topological polar surface area (TPSA) is 18.5 Å². The van der Waals surface area contributed by atoms with Crippen molar-refractivity contribution < 1.29 is 9.47 Å². The molecule has 0 N–H and O–H groups in total. The van der Waals surface area contributed by atoms with Crippen LogP contribution in [0.2, 0.25) is 0 Å². The fraction of sp³-hybridized carbons (Fsp3) is 1.00. The summed E-state index contributed by atoms with van der Waals surface area (Å²) in [7, 11) is 0.